The molecule has 2 aliphatic heterocycles. The first kappa shape index (κ1) is 63.0. The van der Waals surface area contributed by atoms with Gasteiger partial charge in [-0.05, 0) is 43.9 Å². The largest absolute Gasteiger partial charge is 0.394 e. The summed E-state index contributed by atoms with van der Waals surface area (Å²) in [5.41, 5.74) is 0. The summed E-state index contributed by atoms with van der Waals surface area (Å²) >= 11 is 0. The highest BCUT2D eigenvalue weighted by molar-refractivity contribution is 5.76. The number of aliphatic hydroxyl groups is 8. The van der Waals surface area contributed by atoms with Crippen molar-refractivity contribution in [3.8, 4) is 23.7 Å². The van der Waals surface area contributed by atoms with Crippen LogP contribution in [0.25, 0.3) is 0 Å². The number of hydrogen-bond donors (Lipinski definition) is 9. The molecule has 0 aromatic carbocycles. The van der Waals surface area contributed by atoms with Crippen LogP contribution in [0.5, 0.6) is 0 Å². The van der Waals surface area contributed by atoms with Crippen LogP contribution in [0.15, 0.2) is 12.2 Å². The van der Waals surface area contributed by atoms with Crippen molar-refractivity contribution < 1.29 is 64.6 Å². The van der Waals surface area contributed by atoms with Crippen LogP contribution in [-0.4, -0.2) is 140 Å². The lowest BCUT2D eigenvalue weighted by molar-refractivity contribution is -0.359. The minimum Gasteiger partial charge on any atom is -0.394 e. The quantitative estimate of drug-likeness (QED) is 0.0169. The molecule has 400 valence electrons. The highest BCUT2D eigenvalue weighted by Gasteiger charge is 2.51. The fraction of sp³-hybridized carbons (Fsp3) is 0.873. The Balaban J connectivity index is 1.82. The van der Waals surface area contributed by atoms with Gasteiger partial charge in [-0.2, -0.15) is 0 Å². The summed E-state index contributed by atoms with van der Waals surface area (Å²) < 4.78 is 22.7. The third kappa shape index (κ3) is 28.0. The predicted octanol–water partition coefficient (Wildman–Crippen LogP) is 7.17. The number of unbranched alkanes of at least 4 members (excludes halogenated alkanes) is 27. The number of aliphatic hydroxyl groups excluding tert-OH is 8. The summed E-state index contributed by atoms with van der Waals surface area (Å²) in [5.74, 6) is 12.1. The number of carbonyl (C=O) groups is 1. The molecule has 0 spiro atoms. The number of allylic oxidation sites excluding steroid dienone is 1. The Labute approximate surface area is 416 Å². The van der Waals surface area contributed by atoms with Crippen molar-refractivity contribution in [2.24, 2.45) is 0 Å². The van der Waals surface area contributed by atoms with E-state index in [0.717, 1.165) is 70.6 Å². The Morgan fingerprint density at radius 3 is 1.52 bits per heavy atom. The van der Waals surface area contributed by atoms with E-state index in [-0.39, 0.29) is 18.9 Å². The number of hydrogen-bond acceptors (Lipinski definition) is 13. The first-order valence-electron chi connectivity index (χ1n) is 27.4. The molecule has 2 aliphatic rings. The highest BCUT2D eigenvalue weighted by Crippen LogP contribution is 2.30. The van der Waals surface area contributed by atoms with E-state index in [4.69, 9.17) is 18.9 Å². The average Bonchev–Trinajstić information content (AvgIpc) is 3.35. The Morgan fingerprint density at radius 2 is 1.01 bits per heavy atom. The van der Waals surface area contributed by atoms with Crippen LogP contribution in [-0.2, 0) is 23.7 Å². The number of nitrogens with one attached hydrogen (secondary N) is 1. The third-order valence-corrected chi connectivity index (χ3v) is 13.3. The standard InChI is InChI=1S/C55H97NO13/c1-3-5-7-9-11-13-15-17-19-20-21-22-23-24-25-27-29-31-33-35-37-39-47(60)56-43(44(59)38-36-34-32-30-28-26-18-16-14-12-10-8-6-4-2)42-66-54-52(65)50(63)53(46(41-58)68-54)69-55-51(64)49(62)48(61)45(40-57)67-55/h36,38,43-46,48-55,57-59,61-65H,3-20,25-35,37,39-42H2,1-2H3,(H,56,60)/b38-36+/t43-,44?,45+,46+,48-,49-,50+,51+,52+,53+,54-,55-/m0/s1. The molecule has 0 radical (unpaired) electrons. The van der Waals surface area contributed by atoms with Crippen LogP contribution < -0.4 is 5.32 Å². The average molecular weight is 980 g/mol. The second-order valence-electron chi connectivity index (χ2n) is 19.4. The molecule has 14 nitrogen and oxygen atoms in total. The number of rotatable bonds is 40. The van der Waals surface area contributed by atoms with E-state index in [9.17, 15) is 45.6 Å². The van der Waals surface area contributed by atoms with Crippen molar-refractivity contribution in [1.82, 2.24) is 5.32 Å². The fourth-order valence-corrected chi connectivity index (χ4v) is 8.81. The van der Waals surface area contributed by atoms with Crippen molar-refractivity contribution in [3.63, 3.8) is 0 Å². The molecule has 9 N–H and O–H groups in total. The minimum absolute atomic E-state index is 0.250. The summed E-state index contributed by atoms with van der Waals surface area (Å²) in [6.45, 7) is 2.75. The monoisotopic (exact) mass is 980 g/mol. The molecule has 2 saturated heterocycles. The van der Waals surface area contributed by atoms with Gasteiger partial charge in [0.2, 0.25) is 5.91 Å². The van der Waals surface area contributed by atoms with Gasteiger partial charge in [0.15, 0.2) is 12.6 Å². The Bertz CT molecular complexity index is 1410. The molecule has 2 rings (SSSR count). The molecule has 14 heteroatoms. The van der Waals surface area contributed by atoms with Crippen LogP contribution in [0.2, 0.25) is 0 Å². The zero-order chi connectivity index (χ0) is 50.3. The minimum atomic E-state index is -1.79. The van der Waals surface area contributed by atoms with Crippen molar-refractivity contribution in [2.75, 3.05) is 19.8 Å². The van der Waals surface area contributed by atoms with E-state index in [2.05, 4.69) is 42.8 Å². The number of amides is 1. The second kappa shape index (κ2) is 41.3. The van der Waals surface area contributed by atoms with Gasteiger partial charge in [-0.15, -0.1) is 0 Å². The maximum absolute atomic E-state index is 13.2. The molecule has 69 heavy (non-hydrogen) atoms. The molecule has 2 fully saturated rings. The second-order valence-corrected chi connectivity index (χ2v) is 19.4. The summed E-state index contributed by atoms with van der Waals surface area (Å²) in [4.78, 5) is 13.2. The summed E-state index contributed by atoms with van der Waals surface area (Å²) in [5, 5.41) is 86.8. The van der Waals surface area contributed by atoms with Crippen LogP contribution in [0, 0.1) is 23.7 Å². The maximum Gasteiger partial charge on any atom is 0.220 e. The molecule has 0 aromatic rings. The molecule has 1 amide bonds. The van der Waals surface area contributed by atoms with Gasteiger partial charge in [-0.25, -0.2) is 0 Å². The van der Waals surface area contributed by atoms with E-state index in [1.54, 1.807) is 6.08 Å². The summed E-state index contributed by atoms with van der Waals surface area (Å²) in [7, 11) is 0. The zero-order valence-electron chi connectivity index (χ0n) is 42.7. The van der Waals surface area contributed by atoms with Crippen molar-refractivity contribution >= 4 is 5.91 Å². The SMILES string of the molecule is CCCCCCCCCCCC#CC#CCCCCCCCCC(=O)N[C@@H](CO[C@H]1O[C@H](CO)[C@@H](O[C@@H]2O[C@H](CO)[C@H](O)[C@H](O)[C@H]2O)[C@H](O)[C@H]1O)C(O)/C=C/CCCCCCCCCCCCCC. The highest BCUT2D eigenvalue weighted by atomic mass is 16.7. The van der Waals surface area contributed by atoms with Crippen LogP contribution >= 0.6 is 0 Å². The Hall–Kier alpha value is -2.15. The van der Waals surface area contributed by atoms with Gasteiger partial charge in [0.1, 0.15) is 48.8 Å². The zero-order valence-corrected chi connectivity index (χ0v) is 42.7. The first-order chi connectivity index (χ1) is 33.6. The molecule has 0 aliphatic carbocycles. The fourth-order valence-electron chi connectivity index (χ4n) is 8.81. The maximum atomic E-state index is 13.2. The summed E-state index contributed by atoms with van der Waals surface area (Å²) in [6.07, 6.45) is 21.6. The van der Waals surface area contributed by atoms with Gasteiger partial charge >= 0.3 is 0 Å². The van der Waals surface area contributed by atoms with Crippen LogP contribution in [0.3, 0.4) is 0 Å². The normalized spacial score (nSPS) is 25.7. The lowest BCUT2D eigenvalue weighted by atomic mass is 9.97. The van der Waals surface area contributed by atoms with E-state index >= 15 is 0 Å². The van der Waals surface area contributed by atoms with Crippen molar-refractivity contribution in [3.05, 3.63) is 12.2 Å². The molecule has 2 heterocycles. The smallest absolute Gasteiger partial charge is 0.220 e. The topological polar surface area (TPSA) is 228 Å². The first-order valence-corrected chi connectivity index (χ1v) is 27.4. The van der Waals surface area contributed by atoms with Crippen molar-refractivity contribution in [1.29, 1.82) is 0 Å². The van der Waals surface area contributed by atoms with Gasteiger partial charge in [0.05, 0.1) is 32.0 Å². The molecule has 0 aromatic heterocycles. The van der Waals surface area contributed by atoms with Gasteiger partial charge < -0.3 is 65.1 Å². The van der Waals surface area contributed by atoms with Gasteiger partial charge in [-0.3, -0.25) is 4.79 Å². The van der Waals surface area contributed by atoms with Crippen molar-refractivity contribution in [2.45, 2.75) is 286 Å². The van der Waals surface area contributed by atoms with E-state index in [1.165, 1.54) is 116 Å². The van der Waals surface area contributed by atoms with E-state index in [1.807, 2.05) is 6.08 Å². The number of ether oxygens (including phenoxy) is 4. The van der Waals surface area contributed by atoms with Gasteiger partial charge in [0, 0.05) is 19.3 Å². The third-order valence-electron chi connectivity index (χ3n) is 13.3. The van der Waals surface area contributed by atoms with Crippen LogP contribution in [0.4, 0.5) is 0 Å². The molecule has 0 saturated carbocycles. The Morgan fingerprint density at radius 1 is 0.565 bits per heavy atom. The predicted molar refractivity (Wildman–Crippen MR) is 269 cm³/mol. The van der Waals surface area contributed by atoms with E-state index < -0.39 is 86.8 Å². The Kier molecular flexibility index (Phi) is 37.7. The molecule has 1 unspecified atom stereocenters. The lowest BCUT2D eigenvalue weighted by Gasteiger charge is -2.46. The van der Waals surface area contributed by atoms with E-state index in [0.29, 0.717) is 6.42 Å². The molecular formula is C55H97NO13. The van der Waals surface area contributed by atoms with Crippen LogP contribution in [0.1, 0.15) is 213 Å². The summed E-state index contributed by atoms with van der Waals surface area (Å²) in [6, 6.07) is -0.931. The lowest BCUT2D eigenvalue weighted by Crippen LogP contribution is -2.65. The van der Waals surface area contributed by atoms with Gasteiger partial charge in [-0.1, -0.05) is 186 Å². The van der Waals surface area contributed by atoms with Gasteiger partial charge in [0.25, 0.3) is 0 Å². The molecule has 12 atom stereocenters. The molecular weight excluding hydrogens is 883 g/mol. The number of carbonyl (C=O) groups excluding carboxylic acids is 1. The molecule has 0 bridgehead atoms.